The van der Waals surface area contributed by atoms with E-state index in [1.165, 1.54) is 4.31 Å². The fraction of sp³-hybridized carbons (Fsp3) is 0.562. The van der Waals surface area contributed by atoms with Gasteiger partial charge in [0.15, 0.2) is 0 Å². The van der Waals surface area contributed by atoms with E-state index in [0.717, 1.165) is 12.0 Å². The van der Waals surface area contributed by atoms with E-state index in [0.29, 0.717) is 45.6 Å². The number of rotatable bonds is 7. The first-order valence-corrected chi connectivity index (χ1v) is 9.73. The van der Waals surface area contributed by atoms with E-state index in [2.05, 4.69) is 0 Å². The van der Waals surface area contributed by atoms with Gasteiger partial charge in [0.2, 0.25) is 5.91 Å². The Bertz CT molecular complexity index is 634. The van der Waals surface area contributed by atoms with Gasteiger partial charge in [-0.15, -0.1) is 12.4 Å². The largest absolute Gasteiger partial charge is 0.338 e. The number of nitrogens with two attached hydrogens (primary N) is 2. The molecule has 0 saturated carbocycles. The third-order valence-corrected chi connectivity index (χ3v) is 5.41. The summed E-state index contributed by atoms with van der Waals surface area (Å²) in [4.78, 5) is 14.7. The lowest BCUT2D eigenvalue weighted by molar-refractivity contribution is -0.137. The van der Waals surface area contributed by atoms with Crippen molar-refractivity contribution in [3.05, 3.63) is 35.9 Å². The number of halogens is 1. The van der Waals surface area contributed by atoms with Crippen molar-refractivity contribution in [3.63, 3.8) is 0 Å². The average Bonchev–Trinajstić information content (AvgIpc) is 2.58. The van der Waals surface area contributed by atoms with Crippen LogP contribution in [0.2, 0.25) is 0 Å². The topological polar surface area (TPSA) is 110 Å². The predicted octanol–water partition coefficient (Wildman–Crippen LogP) is 0.701. The number of piperidine rings is 1. The Morgan fingerprint density at radius 3 is 2.32 bits per heavy atom. The zero-order valence-electron chi connectivity index (χ0n) is 14.2. The number of carbonyl (C=O) groups excluding carboxylic acids is 1. The lowest BCUT2D eigenvalue weighted by Gasteiger charge is -2.33. The van der Waals surface area contributed by atoms with Crippen LogP contribution in [0.15, 0.2) is 30.3 Å². The highest BCUT2D eigenvalue weighted by Gasteiger charge is 2.31. The van der Waals surface area contributed by atoms with Crippen LogP contribution in [0, 0.1) is 5.92 Å². The Balaban J connectivity index is 0.00000312. The van der Waals surface area contributed by atoms with Crippen molar-refractivity contribution in [1.29, 1.82) is 0 Å². The third-order valence-electron chi connectivity index (χ3n) is 4.32. The van der Waals surface area contributed by atoms with Crippen molar-refractivity contribution in [3.8, 4) is 0 Å². The van der Waals surface area contributed by atoms with E-state index >= 15 is 0 Å². The normalized spacial score (nSPS) is 16.2. The highest BCUT2D eigenvalue weighted by molar-refractivity contribution is 7.86. The minimum Gasteiger partial charge on any atom is -0.338 e. The molecule has 1 aromatic carbocycles. The van der Waals surface area contributed by atoms with Crippen molar-refractivity contribution in [1.82, 2.24) is 9.21 Å². The van der Waals surface area contributed by atoms with Crippen LogP contribution in [0.4, 0.5) is 0 Å². The van der Waals surface area contributed by atoms with E-state index in [-0.39, 0.29) is 24.2 Å². The molecule has 0 unspecified atom stereocenters. The molecule has 1 aliphatic heterocycles. The van der Waals surface area contributed by atoms with Crippen LogP contribution in [0.3, 0.4) is 0 Å². The van der Waals surface area contributed by atoms with Gasteiger partial charge in [-0.25, -0.2) is 5.14 Å². The van der Waals surface area contributed by atoms with Crippen molar-refractivity contribution in [2.24, 2.45) is 16.8 Å². The van der Waals surface area contributed by atoms with Crippen molar-refractivity contribution >= 4 is 28.5 Å². The fourth-order valence-electron chi connectivity index (χ4n) is 2.97. The van der Waals surface area contributed by atoms with E-state index in [1.54, 1.807) is 0 Å². The van der Waals surface area contributed by atoms with Gasteiger partial charge in [0, 0.05) is 32.1 Å². The monoisotopic (exact) mass is 390 g/mol. The Labute approximate surface area is 155 Å². The van der Waals surface area contributed by atoms with Crippen LogP contribution >= 0.6 is 12.4 Å². The van der Waals surface area contributed by atoms with E-state index in [9.17, 15) is 13.2 Å². The number of benzene rings is 1. The van der Waals surface area contributed by atoms with Crippen LogP contribution < -0.4 is 10.9 Å². The molecule has 1 aromatic rings. The molecule has 1 saturated heterocycles. The molecule has 0 aliphatic carbocycles. The lowest BCUT2D eigenvalue weighted by Crippen LogP contribution is -2.46. The molecule has 7 nitrogen and oxygen atoms in total. The van der Waals surface area contributed by atoms with Crippen LogP contribution in [0.1, 0.15) is 24.8 Å². The zero-order chi connectivity index (χ0) is 17.6. The number of hydrogen-bond acceptors (Lipinski definition) is 4. The maximum Gasteiger partial charge on any atom is 0.276 e. The predicted molar refractivity (Wildman–Crippen MR) is 100 cm³/mol. The molecule has 1 aliphatic rings. The third kappa shape index (κ3) is 6.56. The second-order valence-electron chi connectivity index (χ2n) is 6.11. The second kappa shape index (κ2) is 10.1. The molecule has 4 N–H and O–H groups in total. The van der Waals surface area contributed by atoms with Gasteiger partial charge >= 0.3 is 0 Å². The molecule has 0 radical (unpaired) electrons. The summed E-state index contributed by atoms with van der Waals surface area (Å²) in [5.41, 5.74) is 6.66. The average molecular weight is 391 g/mol. The Morgan fingerprint density at radius 2 is 1.80 bits per heavy atom. The summed E-state index contributed by atoms with van der Waals surface area (Å²) in [5, 5.41) is 5.15. The first kappa shape index (κ1) is 21.9. The van der Waals surface area contributed by atoms with Crippen molar-refractivity contribution < 1.29 is 13.2 Å². The molecule has 142 valence electrons. The second-order valence-corrected chi connectivity index (χ2v) is 7.65. The molecule has 1 fully saturated rings. The van der Waals surface area contributed by atoms with Gasteiger partial charge in [-0.2, -0.15) is 12.7 Å². The fourth-order valence-corrected chi connectivity index (χ4v) is 3.69. The molecule has 2 rings (SSSR count). The molecule has 1 heterocycles. The van der Waals surface area contributed by atoms with E-state index < -0.39 is 10.2 Å². The summed E-state index contributed by atoms with van der Waals surface area (Å²) < 4.78 is 24.0. The molecule has 0 bridgehead atoms. The summed E-state index contributed by atoms with van der Waals surface area (Å²) in [5.74, 6) is -0.0918. The van der Waals surface area contributed by atoms with Gasteiger partial charge in [-0.1, -0.05) is 30.3 Å². The van der Waals surface area contributed by atoms with Gasteiger partial charge in [0.05, 0.1) is 0 Å². The minimum atomic E-state index is -3.67. The van der Waals surface area contributed by atoms with Crippen LogP contribution in [-0.4, -0.2) is 49.7 Å². The lowest BCUT2D eigenvalue weighted by atomic mass is 9.96. The van der Waals surface area contributed by atoms with Gasteiger partial charge in [0.25, 0.3) is 10.2 Å². The van der Waals surface area contributed by atoms with Crippen molar-refractivity contribution in [2.45, 2.75) is 25.8 Å². The summed E-state index contributed by atoms with van der Waals surface area (Å²) in [6, 6.07) is 9.83. The molecular formula is C16H27ClN4O3S. The summed E-state index contributed by atoms with van der Waals surface area (Å²) in [6.45, 7) is 2.29. The van der Waals surface area contributed by atoms with Gasteiger partial charge in [-0.05, 0) is 31.4 Å². The molecular weight excluding hydrogens is 364 g/mol. The Kier molecular flexibility index (Phi) is 8.81. The summed E-state index contributed by atoms with van der Waals surface area (Å²) in [7, 11) is -3.67. The smallest absolute Gasteiger partial charge is 0.276 e. The SMILES string of the molecule is Cl.NCCCN(Cc1ccccc1)C(=O)C1CCN(S(N)(=O)=O)CC1. The minimum absolute atomic E-state index is 0. The number of hydrogen-bond donors (Lipinski definition) is 2. The maximum absolute atomic E-state index is 12.9. The molecule has 9 heteroatoms. The quantitative estimate of drug-likeness (QED) is 0.714. The van der Waals surface area contributed by atoms with Crippen LogP contribution in [0.25, 0.3) is 0 Å². The molecule has 0 aromatic heterocycles. The molecule has 1 amide bonds. The molecule has 25 heavy (non-hydrogen) atoms. The van der Waals surface area contributed by atoms with Gasteiger partial charge < -0.3 is 10.6 Å². The Hall–Kier alpha value is -1.19. The van der Waals surface area contributed by atoms with Crippen molar-refractivity contribution in [2.75, 3.05) is 26.2 Å². The zero-order valence-corrected chi connectivity index (χ0v) is 15.8. The highest BCUT2D eigenvalue weighted by atomic mass is 35.5. The number of nitrogens with zero attached hydrogens (tertiary/aromatic N) is 2. The maximum atomic E-state index is 12.9. The van der Waals surface area contributed by atoms with Crippen LogP contribution in [-0.2, 0) is 21.5 Å². The first-order valence-electron chi connectivity index (χ1n) is 8.22. The standard InChI is InChI=1S/C16H26N4O3S.ClH/c17-9-4-10-19(13-14-5-2-1-3-6-14)16(21)15-7-11-20(12-8-15)24(18,22)23;/h1-3,5-6,15H,4,7-13,17H2,(H2,18,22,23);1H. The molecule has 0 atom stereocenters. The first-order chi connectivity index (χ1) is 11.4. The number of carbonyl (C=O) groups is 1. The Morgan fingerprint density at radius 1 is 1.20 bits per heavy atom. The van der Waals surface area contributed by atoms with E-state index in [1.807, 2.05) is 35.2 Å². The van der Waals surface area contributed by atoms with Gasteiger partial charge in [0.1, 0.15) is 0 Å². The number of amides is 1. The summed E-state index contributed by atoms with van der Waals surface area (Å²) >= 11 is 0. The molecule has 0 spiro atoms. The highest BCUT2D eigenvalue weighted by Crippen LogP contribution is 2.22. The summed E-state index contributed by atoms with van der Waals surface area (Å²) in [6.07, 6.45) is 1.75. The van der Waals surface area contributed by atoms with E-state index in [4.69, 9.17) is 10.9 Å². The van der Waals surface area contributed by atoms with Gasteiger partial charge in [-0.3, -0.25) is 4.79 Å². The van der Waals surface area contributed by atoms with Crippen LogP contribution in [0.5, 0.6) is 0 Å².